The first kappa shape index (κ1) is 6.23. The summed E-state index contributed by atoms with van der Waals surface area (Å²) in [4.78, 5) is 10.4. The minimum atomic E-state index is -0.157. The van der Waals surface area contributed by atoms with Crippen LogP contribution in [0.3, 0.4) is 0 Å². The molecule has 0 aromatic rings. The molecule has 1 aliphatic rings. The van der Waals surface area contributed by atoms with E-state index in [-0.39, 0.29) is 10.8 Å². The van der Waals surface area contributed by atoms with Crippen LogP contribution in [0.15, 0.2) is 0 Å². The molecule has 1 unspecified atom stereocenters. The van der Waals surface area contributed by atoms with Crippen molar-refractivity contribution in [2.75, 3.05) is 6.61 Å². The van der Waals surface area contributed by atoms with Gasteiger partial charge in [0.2, 0.25) is 4.69 Å². The van der Waals surface area contributed by atoms with E-state index in [0.29, 0.717) is 0 Å². The molecule has 8 heavy (non-hydrogen) atoms. The van der Waals surface area contributed by atoms with Crippen LogP contribution < -0.4 is 0 Å². The largest absolute Gasteiger partial charge is 0.369 e. The van der Waals surface area contributed by atoms with E-state index in [4.69, 9.17) is 4.74 Å². The predicted molar refractivity (Wildman–Crippen MR) is 32.9 cm³/mol. The second kappa shape index (κ2) is 2.60. The Balaban J connectivity index is 2.35. The second-order valence-electron chi connectivity index (χ2n) is 1.81. The molecule has 0 aliphatic carbocycles. The Hall–Kier alpha value is 0.110. The lowest BCUT2D eigenvalue weighted by Gasteiger charge is -1.98. The summed E-state index contributed by atoms with van der Waals surface area (Å²) in [7, 11) is 0. The van der Waals surface area contributed by atoms with Crippen molar-refractivity contribution in [1.82, 2.24) is 0 Å². The third-order valence-electron chi connectivity index (χ3n) is 1.18. The lowest BCUT2D eigenvalue weighted by molar-refractivity contribution is -0.118. The second-order valence-corrected chi connectivity index (χ2v) is 2.59. The zero-order valence-corrected chi connectivity index (χ0v) is 5.98. The highest BCUT2D eigenvalue weighted by molar-refractivity contribution is 9.18. The van der Waals surface area contributed by atoms with Gasteiger partial charge in [-0.2, -0.15) is 0 Å². The number of hydrogen-bond donors (Lipinski definition) is 0. The van der Waals surface area contributed by atoms with Crippen LogP contribution in [0.2, 0.25) is 0 Å². The molecule has 0 aromatic heterocycles. The molecule has 2 nitrogen and oxygen atoms in total. The number of rotatable bonds is 1. The van der Waals surface area contributed by atoms with Crippen molar-refractivity contribution in [3.05, 3.63) is 0 Å². The number of halogens is 1. The summed E-state index contributed by atoms with van der Waals surface area (Å²) >= 11 is 2.84. The van der Waals surface area contributed by atoms with Crippen LogP contribution in [0.4, 0.5) is 0 Å². The summed E-state index contributed by atoms with van der Waals surface area (Å²) in [5.74, 6) is 0. The van der Waals surface area contributed by atoms with E-state index in [1.807, 2.05) is 0 Å². The van der Waals surface area contributed by atoms with Gasteiger partial charge in [-0.3, -0.25) is 4.79 Å². The molecule has 1 rings (SSSR count). The fourth-order valence-electron chi connectivity index (χ4n) is 0.757. The molecular formula is C5H7BrO2. The first-order valence-corrected chi connectivity index (χ1v) is 3.41. The Morgan fingerprint density at radius 3 is 2.75 bits per heavy atom. The number of carbonyl (C=O) groups is 1. The van der Waals surface area contributed by atoms with E-state index in [2.05, 4.69) is 15.9 Å². The molecule has 1 fully saturated rings. The summed E-state index contributed by atoms with van der Waals surface area (Å²) in [6, 6.07) is 0. The highest BCUT2D eigenvalue weighted by Crippen LogP contribution is 2.14. The van der Waals surface area contributed by atoms with Crippen molar-refractivity contribution in [3.63, 3.8) is 0 Å². The molecule has 0 radical (unpaired) electrons. The van der Waals surface area contributed by atoms with Gasteiger partial charge in [0.1, 0.15) is 6.10 Å². The van der Waals surface area contributed by atoms with Crippen LogP contribution in [0, 0.1) is 0 Å². The third kappa shape index (κ3) is 1.29. The molecule has 1 heterocycles. The quantitative estimate of drug-likeness (QED) is 0.563. The Labute approximate surface area is 56.3 Å². The normalized spacial score (nSPS) is 28.4. The smallest absolute Gasteiger partial charge is 0.226 e. The Morgan fingerprint density at radius 1 is 1.75 bits per heavy atom. The topological polar surface area (TPSA) is 26.3 Å². The van der Waals surface area contributed by atoms with Crippen molar-refractivity contribution in [2.24, 2.45) is 0 Å². The first-order chi connectivity index (χ1) is 3.80. The van der Waals surface area contributed by atoms with E-state index in [9.17, 15) is 4.79 Å². The van der Waals surface area contributed by atoms with E-state index < -0.39 is 0 Å². The molecule has 46 valence electrons. The van der Waals surface area contributed by atoms with Gasteiger partial charge in [0.05, 0.1) is 0 Å². The van der Waals surface area contributed by atoms with Gasteiger partial charge in [-0.25, -0.2) is 0 Å². The van der Waals surface area contributed by atoms with Crippen molar-refractivity contribution < 1.29 is 9.53 Å². The average Bonchev–Trinajstić information content (AvgIpc) is 2.12. The summed E-state index contributed by atoms with van der Waals surface area (Å²) < 4.78 is 5.00. The van der Waals surface area contributed by atoms with E-state index in [1.165, 1.54) is 0 Å². The molecule has 0 saturated carbocycles. The Kier molecular flexibility index (Phi) is 2.02. The maximum absolute atomic E-state index is 10.4. The molecule has 1 aliphatic heterocycles. The van der Waals surface area contributed by atoms with Crippen LogP contribution in [0.5, 0.6) is 0 Å². The fourth-order valence-corrected chi connectivity index (χ4v) is 1.12. The van der Waals surface area contributed by atoms with Crippen LogP contribution in [0.25, 0.3) is 0 Å². The maximum atomic E-state index is 10.4. The van der Waals surface area contributed by atoms with Gasteiger partial charge in [-0.1, -0.05) is 0 Å². The van der Waals surface area contributed by atoms with Crippen LogP contribution in [-0.4, -0.2) is 17.4 Å². The minimum Gasteiger partial charge on any atom is -0.369 e. The van der Waals surface area contributed by atoms with Gasteiger partial charge in [0, 0.05) is 6.61 Å². The van der Waals surface area contributed by atoms with Gasteiger partial charge in [0.25, 0.3) is 0 Å². The van der Waals surface area contributed by atoms with Gasteiger partial charge in [0.15, 0.2) is 0 Å². The summed E-state index contributed by atoms with van der Waals surface area (Å²) in [5.41, 5.74) is 0. The van der Waals surface area contributed by atoms with Crippen LogP contribution in [-0.2, 0) is 9.53 Å². The summed E-state index contributed by atoms with van der Waals surface area (Å²) in [5, 5.41) is 0. The van der Waals surface area contributed by atoms with Crippen molar-refractivity contribution >= 4 is 20.6 Å². The molecule has 0 bridgehead atoms. The maximum Gasteiger partial charge on any atom is 0.226 e. The zero-order valence-electron chi connectivity index (χ0n) is 4.39. The first-order valence-electron chi connectivity index (χ1n) is 2.61. The number of carbonyl (C=O) groups excluding carboxylic acids is 1. The Bertz CT molecular complexity index is 96.6. The monoisotopic (exact) mass is 178 g/mol. The Morgan fingerprint density at radius 2 is 2.50 bits per heavy atom. The molecule has 0 spiro atoms. The SMILES string of the molecule is O=C(Br)C1CCCO1. The average molecular weight is 179 g/mol. The van der Waals surface area contributed by atoms with Gasteiger partial charge >= 0.3 is 0 Å². The molecule has 3 heteroatoms. The number of ether oxygens (including phenoxy) is 1. The lowest BCUT2D eigenvalue weighted by Crippen LogP contribution is -2.11. The standard InChI is InChI=1S/C5H7BrO2/c6-5(7)4-2-1-3-8-4/h4H,1-3H2. The molecule has 0 aromatic carbocycles. The highest BCUT2D eigenvalue weighted by atomic mass is 79.9. The van der Waals surface area contributed by atoms with Gasteiger partial charge in [-0.05, 0) is 28.8 Å². The van der Waals surface area contributed by atoms with E-state index in [1.54, 1.807) is 0 Å². The third-order valence-corrected chi connectivity index (χ3v) is 1.69. The van der Waals surface area contributed by atoms with E-state index in [0.717, 1.165) is 19.4 Å². The molecule has 0 amide bonds. The lowest BCUT2D eigenvalue weighted by atomic mass is 10.3. The summed E-state index contributed by atoms with van der Waals surface area (Å²) in [6.07, 6.45) is 1.74. The van der Waals surface area contributed by atoms with Crippen molar-refractivity contribution in [1.29, 1.82) is 0 Å². The summed E-state index contributed by atoms with van der Waals surface area (Å²) in [6.45, 7) is 0.738. The minimum absolute atomic E-state index is 0.0185. The fraction of sp³-hybridized carbons (Fsp3) is 0.800. The van der Waals surface area contributed by atoms with Crippen LogP contribution in [0.1, 0.15) is 12.8 Å². The van der Waals surface area contributed by atoms with Crippen molar-refractivity contribution in [2.45, 2.75) is 18.9 Å². The molecule has 0 N–H and O–H groups in total. The molecule has 1 saturated heterocycles. The zero-order chi connectivity index (χ0) is 5.98. The highest BCUT2D eigenvalue weighted by Gasteiger charge is 2.20. The van der Waals surface area contributed by atoms with Crippen molar-refractivity contribution in [3.8, 4) is 0 Å². The predicted octanol–water partition coefficient (Wildman–Crippen LogP) is 1.09. The van der Waals surface area contributed by atoms with Gasteiger partial charge < -0.3 is 4.74 Å². The van der Waals surface area contributed by atoms with Crippen LogP contribution >= 0.6 is 15.9 Å². The molecule has 1 atom stereocenters. The number of hydrogen-bond acceptors (Lipinski definition) is 2. The van der Waals surface area contributed by atoms with E-state index >= 15 is 0 Å². The molecular weight excluding hydrogens is 172 g/mol. The van der Waals surface area contributed by atoms with Gasteiger partial charge in [-0.15, -0.1) is 0 Å².